The first-order valence-electron chi connectivity index (χ1n) is 7.36. The first-order valence-corrected chi connectivity index (χ1v) is 7.36. The molecule has 1 unspecified atom stereocenters. The van der Waals surface area contributed by atoms with Gasteiger partial charge in [-0.3, -0.25) is 4.79 Å². The molecule has 0 spiro atoms. The van der Waals surface area contributed by atoms with Crippen LogP contribution in [-0.2, 0) is 9.53 Å². The van der Waals surface area contributed by atoms with Gasteiger partial charge >= 0.3 is 0 Å². The third-order valence-corrected chi connectivity index (χ3v) is 3.94. The summed E-state index contributed by atoms with van der Waals surface area (Å²) in [6, 6.07) is 0.165. The number of amides is 1. The van der Waals surface area contributed by atoms with E-state index in [4.69, 9.17) is 10.5 Å². The van der Waals surface area contributed by atoms with Gasteiger partial charge in [-0.15, -0.1) is 0 Å². The fourth-order valence-corrected chi connectivity index (χ4v) is 2.57. The van der Waals surface area contributed by atoms with Crippen molar-refractivity contribution in [3.05, 3.63) is 0 Å². The summed E-state index contributed by atoms with van der Waals surface area (Å²) >= 11 is 0. The molecule has 1 heterocycles. The molecular weight excluding hydrogens is 228 g/mol. The smallest absolute Gasteiger partial charge is 0.239 e. The molecule has 1 aliphatic carbocycles. The number of unbranched alkanes of at least 4 members (excludes halogenated alkanes) is 1. The molecule has 104 valence electrons. The van der Waals surface area contributed by atoms with Crippen LogP contribution >= 0.6 is 0 Å². The fraction of sp³-hybridized carbons (Fsp3) is 0.929. The largest absolute Gasteiger partial charge is 0.381 e. The molecule has 4 nitrogen and oxygen atoms in total. The van der Waals surface area contributed by atoms with Crippen LogP contribution in [-0.4, -0.2) is 42.6 Å². The Morgan fingerprint density at radius 1 is 1.44 bits per heavy atom. The third-order valence-electron chi connectivity index (χ3n) is 3.94. The van der Waals surface area contributed by atoms with Crippen molar-refractivity contribution in [3.8, 4) is 0 Å². The summed E-state index contributed by atoms with van der Waals surface area (Å²) in [5, 5.41) is 0. The van der Waals surface area contributed by atoms with Crippen LogP contribution in [0.1, 0.15) is 45.4 Å². The Kier molecular flexibility index (Phi) is 5.01. The monoisotopic (exact) mass is 254 g/mol. The molecule has 1 amide bonds. The Morgan fingerprint density at radius 3 is 2.78 bits per heavy atom. The number of nitrogens with two attached hydrogens (primary N) is 1. The molecule has 2 N–H and O–H groups in total. The maximum atomic E-state index is 12.4. The lowest BCUT2D eigenvalue weighted by atomic mass is 10.1. The van der Waals surface area contributed by atoms with Crippen LogP contribution in [0.5, 0.6) is 0 Å². The zero-order valence-electron chi connectivity index (χ0n) is 11.4. The molecule has 0 bridgehead atoms. The lowest BCUT2D eigenvalue weighted by molar-refractivity contribution is -0.134. The number of ether oxygens (including phenoxy) is 1. The first-order chi connectivity index (χ1) is 8.72. The molecule has 18 heavy (non-hydrogen) atoms. The minimum Gasteiger partial charge on any atom is -0.381 e. The Morgan fingerprint density at radius 2 is 2.22 bits per heavy atom. The second kappa shape index (κ2) is 6.53. The average molecular weight is 254 g/mol. The highest BCUT2D eigenvalue weighted by Gasteiger charge is 2.36. The molecule has 2 rings (SSSR count). The van der Waals surface area contributed by atoms with Crippen LogP contribution in [0.25, 0.3) is 0 Å². The van der Waals surface area contributed by atoms with Gasteiger partial charge in [-0.2, -0.15) is 0 Å². The van der Waals surface area contributed by atoms with Crippen LogP contribution in [0, 0.1) is 5.92 Å². The average Bonchev–Trinajstić information content (AvgIpc) is 3.09. The summed E-state index contributed by atoms with van der Waals surface area (Å²) in [5.74, 6) is 0.686. The zero-order valence-corrected chi connectivity index (χ0v) is 11.4. The number of carbonyl (C=O) groups excluding carboxylic acids is 1. The summed E-state index contributed by atoms with van der Waals surface area (Å²) in [7, 11) is 0. The standard InChI is InChI=1S/C14H26N2O2/c1-2-3-4-13(15)14(17)16(12-5-6-12)9-11-7-8-18-10-11/h11-13H,2-10,15H2,1H3/t11?,13-/m0/s1. The van der Waals surface area contributed by atoms with E-state index in [0.717, 1.165) is 58.3 Å². The highest BCUT2D eigenvalue weighted by Crippen LogP contribution is 2.29. The van der Waals surface area contributed by atoms with E-state index in [0.29, 0.717) is 12.0 Å². The van der Waals surface area contributed by atoms with Crippen molar-refractivity contribution < 1.29 is 9.53 Å². The molecule has 0 radical (unpaired) electrons. The number of hydrogen-bond donors (Lipinski definition) is 1. The van der Waals surface area contributed by atoms with Gasteiger partial charge in [0.05, 0.1) is 12.6 Å². The van der Waals surface area contributed by atoms with Gasteiger partial charge in [0.2, 0.25) is 5.91 Å². The number of carbonyl (C=O) groups is 1. The highest BCUT2D eigenvalue weighted by molar-refractivity contribution is 5.82. The molecule has 1 saturated heterocycles. The number of nitrogens with zero attached hydrogens (tertiary/aromatic N) is 1. The molecular formula is C14H26N2O2. The van der Waals surface area contributed by atoms with E-state index in [2.05, 4.69) is 6.92 Å². The number of rotatable bonds is 7. The molecule has 2 fully saturated rings. The van der Waals surface area contributed by atoms with E-state index >= 15 is 0 Å². The van der Waals surface area contributed by atoms with E-state index < -0.39 is 0 Å². The van der Waals surface area contributed by atoms with Gasteiger partial charge in [0.25, 0.3) is 0 Å². The van der Waals surface area contributed by atoms with Crippen molar-refractivity contribution in [2.24, 2.45) is 11.7 Å². The van der Waals surface area contributed by atoms with Crippen molar-refractivity contribution in [3.63, 3.8) is 0 Å². The predicted octanol–water partition coefficient (Wildman–Crippen LogP) is 1.53. The van der Waals surface area contributed by atoms with Gasteiger partial charge in [0.1, 0.15) is 0 Å². The Balaban J connectivity index is 1.85. The van der Waals surface area contributed by atoms with Gasteiger partial charge in [-0.05, 0) is 25.7 Å². The molecule has 1 saturated carbocycles. The second-order valence-corrected chi connectivity index (χ2v) is 5.70. The SMILES string of the molecule is CCCC[C@H](N)C(=O)N(CC1CCOC1)C1CC1. The second-order valence-electron chi connectivity index (χ2n) is 5.70. The normalized spacial score (nSPS) is 25.1. The summed E-state index contributed by atoms with van der Waals surface area (Å²) in [6.45, 7) is 4.63. The van der Waals surface area contributed by atoms with E-state index in [-0.39, 0.29) is 11.9 Å². The van der Waals surface area contributed by atoms with Crippen molar-refractivity contribution in [1.82, 2.24) is 4.90 Å². The molecule has 2 atom stereocenters. The fourth-order valence-electron chi connectivity index (χ4n) is 2.57. The molecule has 4 heteroatoms. The quantitative estimate of drug-likeness (QED) is 0.749. The van der Waals surface area contributed by atoms with Gasteiger partial charge in [0, 0.05) is 25.1 Å². The van der Waals surface area contributed by atoms with Crippen molar-refractivity contribution in [1.29, 1.82) is 0 Å². The Bertz CT molecular complexity index is 273. The van der Waals surface area contributed by atoms with Gasteiger partial charge < -0.3 is 15.4 Å². The lowest BCUT2D eigenvalue weighted by Crippen LogP contribution is -2.46. The summed E-state index contributed by atoms with van der Waals surface area (Å²) in [4.78, 5) is 14.4. The van der Waals surface area contributed by atoms with Gasteiger partial charge in [-0.25, -0.2) is 0 Å². The summed E-state index contributed by atoms with van der Waals surface area (Å²) < 4.78 is 5.39. The molecule has 1 aliphatic heterocycles. The maximum Gasteiger partial charge on any atom is 0.239 e. The topological polar surface area (TPSA) is 55.6 Å². The number of hydrogen-bond acceptors (Lipinski definition) is 3. The maximum absolute atomic E-state index is 12.4. The minimum atomic E-state index is -0.298. The Hall–Kier alpha value is -0.610. The molecule has 2 aliphatic rings. The van der Waals surface area contributed by atoms with E-state index in [9.17, 15) is 4.79 Å². The summed E-state index contributed by atoms with van der Waals surface area (Å²) in [6.07, 6.45) is 6.35. The van der Waals surface area contributed by atoms with Gasteiger partial charge in [-0.1, -0.05) is 19.8 Å². The lowest BCUT2D eigenvalue weighted by Gasteiger charge is -2.28. The molecule has 0 aromatic rings. The van der Waals surface area contributed by atoms with Crippen molar-refractivity contribution >= 4 is 5.91 Å². The van der Waals surface area contributed by atoms with E-state index in [1.54, 1.807) is 0 Å². The zero-order chi connectivity index (χ0) is 13.0. The van der Waals surface area contributed by atoms with Crippen molar-refractivity contribution in [2.45, 2.75) is 57.5 Å². The van der Waals surface area contributed by atoms with Crippen molar-refractivity contribution in [2.75, 3.05) is 19.8 Å². The predicted molar refractivity (Wildman–Crippen MR) is 71.2 cm³/mol. The minimum absolute atomic E-state index is 0.165. The van der Waals surface area contributed by atoms with Crippen LogP contribution in [0.2, 0.25) is 0 Å². The third kappa shape index (κ3) is 3.69. The molecule has 0 aromatic heterocycles. The van der Waals surface area contributed by atoms with Gasteiger partial charge in [0.15, 0.2) is 0 Å². The Labute approximate surface area is 110 Å². The molecule has 0 aromatic carbocycles. The van der Waals surface area contributed by atoms with E-state index in [1.807, 2.05) is 4.90 Å². The highest BCUT2D eigenvalue weighted by atomic mass is 16.5. The van der Waals surface area contributed by atoms with Crippen LogP contribution in [0.4, 0.5) is 0 Å². The van der Waals surface area contributed by atoms with Crippen LogP contribution in [0.15, 0.2) is 0 Å². The van der Waals surface area contributed by atoms with E-state index in [1.165, 1.54) is 0 Å². The first kappa shape index (κ1) is 13.8. The van der Waals surface area contributed by atoms with Crippen LogP contribution in [0.3, 0.4) is 0 Å². The van der Waals surface area contributed by atoms with Crippen LogP contribution < -0.4 is 5.73 Å². The summed E-state index contributed by atoms with van der Waals surface area (Å²) in [5.41, 5.74) is 6.02.